The second-order valence-corrected chi connectivity index (χ2v) is 7.66. The number of halogens is 2. The van der Waals surface area contributed by atoms with Crippen molar-refractivity contribution in [3.8, 4) is 17.2 Å². The highest BCUT2D eigenvalue weighted by atomic mass is 19.1. The lowest BCUT2D eigenvalue weighted by Crippen LogP contribution is -2.44. The van der Waals surface area contributed by atoms with Crippen LogP contribution in [0.15, 0.2) is 24.5 Å². The largest absolute Gasteiger partial charge is 0.494 e. The molecule has 0 spiro atoms. The van der Waals surface area contributed by atoms with E-state index in [1.807, 2.05) is 6.07 Å². The first-order chi connectivity index (χ1) is 16.6. The minimum absolute atomic E-state index is 0.140. The Bertz CT molecular complexity index is 1060. The van der Waals surface area contributed by atoms with E-state index in [9.17, 15) is 8.78 Å². The first kappa shape index (κ1) is 23.6. The summed E-state index contributed by atoms with van der Waals surface area (Å²) >= 11 is 0. The van der Waals surface area contributed by atoms with Gasteiger partial charge in [-0.15, -0.1) is 0 Å². The number of hydrogen-bond donors (Lipinski definition) is 3. The summed E-state index contributed by atoms with van der Waals surface area (Å²) in [5, 5.41) is 13.6. The van der Waals surface area contributed by atoms with E-state index in [4.69, 9.17) is 14.2 Å². The van der Waals surface area contributed by atoms with Crippen LogP contribution in [0.5, 0.6) is 17.2 Å². The molecule has 0 bridgehead atoms. The SMILES string of the molecule is COc1cc(OC)c(F)c(COc2cnc(Nc3cc(CCN4CCNCC4)[nH]n3)nc2)c1F. The summed E-state index contributed by atoms with van der Waals surface area (Å²) in [4.78, 5) is 10.8. The summed E-state index contributed by atoms with van der Waals surface area (Å²) in [6, 6.07) is 3.06. The minimum atomic E-state index is -0.855. The molecule has 0 unspecified atom stereocenters. The second-order valence-electron chi connectivity index (χ2n) is 7.66. The van der Waals surface area contributed by atoms with Crippen molar-refractivity contribution in [2.75, 3.05) is 52.3 Å². The van der Waals surface area contributed by atoms with Crippen LogP contribution in [0.4, 0.5) is 20.5 Å². The molecule has 3 aromatic rings. The molecule has 1 fully saturated rings. The maximum absolute atomic E-state index is 14.5. The molecule has 12 heteroatoms. The number of aromatic amines is 1. The van der Waals surface area contributed by atoms with E-state index in [0.717, 1.165) is 50.9 Å². The van der Waals surface area contributed by atoms with Crippen LogP contribution in [-0.4, -0.2) is 72.0 Å². The zero-order valence-corrected chi connectivity index (χ0v) is 19.0. The second kappa shape index (κ2) is 11.1. The van der Waals surface area contributed by atoms with Gasteiger partial charge >= 0.3 is 0 Å². The van der Waals surface area contributed by atoms with Gasteiger partial charge in [-0.05, 0) is 0 Å². The van der Waals surface area contributed by atoms with Gasteiger partial charge in [0.2, 0.25) is 5.95 Å². The molecule has 34 heavy (non-hydrogen) atoms. The van der Waals surface area contributed by atoms with Gasteiger partial charge in [-0.25, -0.2) is 18.7 Å². The topological polar surface area (TPSA) is 109 Å². The average molecular weight is 476 g/mol. The summed E-state index contributed by atoms with van der Waals surface area (Å²) in [6.45, 7) is 4.70. The lowest BCUT2D eigenvalue weighted by Gasteiger charge is -2.26. The van der Waals surface area contributed by atoms with Gasteiger partial charge in [-0.3, -0.25) is 5.10 Å². The van der Waals surface area contributed by atoms with E-state index in [2.05, 4.69) is 35.7 Å². The van der Waals surface area contributed by atoms with Crippen LogP contribution in [0.3, 0.4) is 0 Å². The molecular weight excluding hydrogens is 448 g/mol. The van der Waals surface area contributed by atoms with Crippen molar-refractivity contribution >= 4 is 11.8 Å². The van der Waals surface area contributed by atoms with Crippen LogP contribution >= 0.6 is 0 Å². The number of anilines is 2. The highest BCUT2D eigenvalue weighted by Crippen LogP contribution is 2.32. The van der Waals surface area contributed by atoms with E-state index < -0.39 is 18.2 Å². The van der Waals surface area contributed by atoms with Crippen molar-refractivity contribution in [2.24, 2.45) is 0 Å². The van der Waals surface area contributed by atoms with E-state index >= 15 is 0 Å². The lowest BCUT2D eigenvalue weighted by molar-refractivity contribution is 0.243. The molecule has 0 saturated carbocycles. The van der Waals surface area contributed by atoms with Gasteiger partial charge in [-0.2, -0.15) is 5.10 Å². The number of rotatable bonds is 10. The van der Waals surface area contributed by atoms with Crippen molar-refractivity contribution in [2.45, 2.75) is 13.0 Å². The number of aromatic nitrogens is 4. The molecule has 1 saturated heterocycles. The zero-order chi connectivity index (χ0) is 23.9. The smallest absolute Gasteiger partial charge is 0.228 e. The molecular formula is C22H27F2N7O3. The minimum Gasteiger partial charge on any atom is -0.494 e. The van der Waals surface area contributed by atoms with E-state index in [-0.39, 0.29) is 22.8 Å². The first-order valence-electron chi connectivity index (χ1n) is 10.9. The quantitative estimate of drug-likeness (QED) is 0.407. The maximum atomic E-state index is 14.5. The molecule has 4 rings (SSSR count). The van der Waals surface area contributed by atoms with Gasteiger partial charge in [0.05, 0.1) is 32.2 Å². The van der Waals surface area contributed by atoms with Crippen molar-refractivity contribution in [3.63, 3.8) is 0 Å². The summed E-state index contributed by atoms with van der Waals surface area (Å²) in [7, 11) is 2.57. The molecule has 0 atom stereocenters. The highest BCUT2D eigenvalue weighted by molar-refractivity contribution is 5.48. The Hall–Kier alpha value is -3.51. The standard InChI is InChI=1S/C22H27F2N7O3/c1-32-17-10-18(33-2)21(24)16(20(17)23)13-34-15-11-26-22(27-12-15)28-19-9-14(29-30-19)3-6-31-7-4-25-5-8-31/h9-12,25H,3-8,13H2,1-2H3,(H2,26,27,28,29,30). The highest BCUT2D eigenvalue weighted by Gasteiger charge is 2.20. The van der Waals surface area contributed by atoms with Crippen molar-refractivity contribution in [1.82, 2.24) is 30.4 Å². The average Bonchev–Trinajstić information content (AvgIpc) is 3.32. The fourth-order valence-electron chi connectivity index (χ4n) is 3.56. The predicted molar refractivity (Wildman–Crippen MR) is 121 cm³/mol. The third-order valence-corrected chi connectivity index (χ3v) is 5.45. The molecule has 3 heterocycles. The van der Waals surface area contributed by atoms with E-state index in [1.54, 1.807) is 0 Å². The van der Waals surface area contributed by atoms with Gasteiger partial charge in [0.1, 0.15) is 6.61 Å². The number of hydrogen-bond acceptors (Lipinski definition) is 9. The fraction of sp³-hybridized carbons (Fsp3) is 0.409. The molecule has 0 aliphatic carbocycles. The number of H-pyrrole nitrogens is 1. The molecule has 1 aliphatic heterocycles. The summed E-state index contributed by atoms with van der Waals surface area (Å²) < 4.78 is 44.3. The molecule has 10 nitrogen and oxygen atoms in total. The zero-order valence-electron chi connectivity index (χ0n) is 19.0. The molecule has 1 aromatic carbocycles. The Morgan fingerprint density at radius 1 is 1.03 bits per heavy atom. The molecule has 3 N–H and O–H groups in total. The number of nitrogens with one attached hydrogen (secondary N) is 3. The number of piperazine rings is 1. The lowest BCUT2D eigenvalue weighted by atomic mass is 10.1. The Labute approximate surface area is 195 Å². The molecule has 0 amide bonds. The Morgan fingerprint density at radius 3 is 2.35 bits per heavy atom. The molecule has 0 radical (unpaired) electrons. The molecule has 182 valence electrons. The Morgan fingerprint density at radius 2 is 1.71 bits per heavy atom. The van der Waals surface area contributed by atoms with Gasteiger partial charge in [0.25, 0.3) is 0 Å². The van der Waals surface area contributed by atoms with Gasteiger partial charge in [-0.1, -0.05) is 0 Å². The predicted octanol–water partition coefficient (Wildman–Crippen LogP) is 2.27. The van der Waals surface area contributed by atoms with Crippen LogP contribution in [0, 0.1) is 11.6 Å². The summed E-state index contributed by atoms with van der Waals surface area (Å²) in [5.41, 5.74) is 0.696. The van der Waals surface area contributed by atoms with Crippen molar-refractivity contribution in [1.29, 1.82) is 0 Å². The van der Waals surface area contributed by atoms with Gasteiger partial charge in [0, 0.05) is 57.0 Å². The number of methoxy groups -OCH3 is 2. The van der Waals surface area contributed by atoms with Crippen molar-refractivity contribution < 1.29 is 23.0 Å². The fourth-order valence-corrected chi connectivity index (χ4v) is 3.56. The van der Waals surface area contributed by atoms with Crippen LogP contribution in [-0.2, 0) is 13.0 Å². The third kappa shape index (κ3) is 5.69. The van der Waals surface area contributed by atoms with E-state index in [0.29, 0.717) is 11.8 Å². The first-order valence-corrected chi connectivity index (χ1v) is 10.9. The van der Waals surface area contributed by atoms with E-state index in [1.165, 1.54) is 26.6 Å². The van der Waals surface area contributed by atoms with Crippen LogP contribution in [0.2, 0.25) is 0 Å². The summed E-state index contributed by atoms with van der Waals surface area (Å²) in [5.74, 6) is -0.843. The summed E-state index contributed by atoms with van der Waals surface area (Å²) in [6.07, 6.45) is 3.67. The maximum Gasteiger partial charge on any atom is 0.228 e. The Balaban J connectivity index is 1.32. The van der Waals surface area contributed by atoms with Crippen molar-refractivity contribution in [3.05, 3.63) is 47.4 Å². The number of ether oxygens (including phenoxy) is 3. The number of benzene rings is 1. The normalized spacial score (nSPS) is 14.1. The third-order valence-electron chi connectivity index (χ3n) is 5.45. The van der Waals surface area contributed by atoms with Gasteiger partial charge < -0.3 is 29.7 Å². The molecule has 2 aromatic heterocycles. The monoisotopic (exact) mass is 475 g/mol. The Kier molecular flexibility index (Phi) is 7.70. The van der Waals surface area contributed by atoms with Gasteiger partial charge in [0.15, 0.2) is 34.7 Å². The van der Waals surface area contributed by atoms with Crippen LogP contribution in [0.25, 0.3) is 0 Å². The molecule has 1 aliphatic rings. The number of nitrogens with zero attached hydrogens (tertiary/aromatic N) is 4. The van der Waals surface area contributed by atoms with Crippen LogP contribution < -0.4 is 24.8 Å². The van der Waals surface area contributed by atoms with Crippen LogP contribution in [0.1, 0.15) is 11.3 Å².